The normalized spacial score (nSPS) is 13.9. The van der Waals surface area contributed by atoms with Gasteiger partial charge in [0.05, 0.1) is 13.7 Å². The number of carbonyl (C=O) groups is 1. The number of unbranched alkanes of at least 4 members (excludes halogenated alkanes) is 2. The van der Waals surface area contributed by atoms with Crippen molar-refractivity contribution in [3.63, 3.8) is 0 Å². The van der Waals surface area contributed by atoms with Crippen LogP contribution in [0.2, 0.25) is 5.02 Å². The van der Waals surface area contributed by atoms with Gasteiger partial charge in [0.25, 0.3) is 0 Å². The van der Waals surface area contributed by atoms with Gasteiger partial charge in [0.1, 0.15) is 0 Å². The maximum atomic E-state index is 12.9. The van der Waals surface area contributed by atoms with E-state index in [1.165, 1.54) is 0 Å². The molecule has 0 aliphatic carbocycles. The Bertz CT molecular complexity index is 812. The first kappa shape index (κ1) is 20.3. The first-order valence-corrected chi connectivity index (χ1v) is 10.1. The molecule has 5 nitrogen and oxygen atoms in total. The largest absolute Gasteiger partial charge is 0.493 e. The summed E-state index contributed by atoms with van der Waals surface area (Å²) in [4.78, 5) is 16.5. The Hall–Kier alpha value is -2.40. The van der Waals surface area contributed by atoms with Crippen LogP contribution in [0.3, 0.4) is 0 Å². The Morgan fingerprint density at radius 3 is 2.64 bits per heavy atom. The Kier molecular flexibility index (Phi) is 7.04. The molecule has 150 valence electrons. The Morgan fingerprint density at radius 2 is 1.89 bits per heavy atom. The van der Waals surface area contributed by atoms with Gasteiger partial charge < -0.3 is 14.4 Å². The molecule has 0 unspecified atom stereocenters. The molecule has 2 aromatic rings. The van der Waals surface area contributed by atoms with E-state index in [-0.39, 0.29) is 6.03 Å². The number of rotatable bonds is 9. The van der Waals surface area contributed by atoms with Crippen molar-refractivity contribution in [1.82, 2.24) is 4.90 Å². The van der Waals surface area contributed by atoms with E-state index in [0.717, 1.165) is 30.5 Å². The van der Waals surface area contributed by atoms with Crippen LogP contribution in [0.5, 0.6) is 11.5 Å². The molecule has 6 heteroatoms. The lowest BCUT2D eigenvalue weighted by Gasteiger charge is -2.20. The number of nitrogens with zero attached hydrogens (tertiary/aromatic N) is 2. The van der Waals surface area contributed by atoms with Crippen LogP contribution in [0.25, 0.3) is 0 Å². The van der Waals surface area contributed by atoms with E-state index in [0.29, 0.717) is 42.8 Å². The molecule has 1 aliphatic rings. The smallest absolute Gasteiger partial charge is 0.324 e. The Balaban J connectivity index is 1.71. The predicted octanol–water partition coefficient (Wildman–Crippen LogP) is 5.36. The highest BCUT2D eigenvalue weighted by molar-refractivity contribution is 6.31. The zero-order valence-corrected chi connectivity index (χ0v) is 17.2. The average Bonchev–Trinajstić information content (AvgIpc) is 3.07. The topological polar surface area (TPSA) is 42.0 Å². The van der Waals surface area contributed by atoms with Gasteiger partial charge in [-0.25, -0.2) is 4.79 Å². The summed E-state index contributed by atoms with van der Waals surface area (Å²) in [6.07, 6.45) is 3.27. The second-order valence-corrected chi connectivity index (χ2v) is 7.25. The van der Waals surface area contributed by atoms with Crippen molar-refractivity contribution in [3.8, 4) is 11.5 Å². The molecule has 2 aromatic carbocycles. The molecule has 1 heterocycles. The molecule has 0 N–H and O–H groups in total. The van der Waals surface area contributed by atoms with Gasteiger partial charge >= 0.3 is 6.03 Å². The van der Waals surface area contributed by atoms with E-state index >= 15 is 0 Å². The molecule has 0 aromatic heterocycles. The highest BCUT2D eigenvalue weighted by atomic mass is 35.5. The third-order valence-corrected chi connectivity index (χ3v) is 5.25. The number of ether oxygens (including phenoxy) is 2. The predicted molar refractivity (Wildman–Crippen MR) is 113 cm³/mol. The van der Waals surface area contributed by atoms with Gasteiger partial charge in [0.2, 0.25) is 0 Å². The number of carbonyl (C=O) groups excluding carboxylic acids is 1. The number of amides is 2. The molecule has 1 saturated heterocycles. The van der Waals surface area contributed by atoms with E-state index in [9.17, 15) is 4.79 Å². The minimum atomic E-state index is -0.0259. The lowest BCUT2D eigenvalue weighted by molar-refractivity contribution is 0.219. The summed E-state index contributed by atoms with van der Waals surface area (Å²) in [5.41, 5.74) is 1.77. The zero-order chi connectivity index (χ0) is 19.9. The van der Waals surface area contributed by atoms with Crippen molar-refractivity contribution in [2.24, 2.45) is 0 Å². The summed E-state index contributed by atoms with van der Waals surface area (Å²) in [5, 5.41) is 0.681. The number of methoxy groups -OCH3 is 1. The van der Waals surface area contributed by atoms with E-state index < -0.39 is 0 Å². The standard InChI is InChI=1S/C22H27ClN2O3/c1-3-4-7-14-28-21-15-18(10-11-20(21)27-2)25-13-12-24(22(25)26)16-17-8-5-6-9-19(17)23/h5-6,8-11,15H,3-4,7,12-14,16H2,1-2H3. The van der Waals surface area contributed by atoms with Crippen LogP contribution in [-0.4, -0.2) is 37.7 Å². The van der Waals surface area contributed by atoms with Crippen LogP contribution >= 0.6 is 11.6 Å². The highest BCUT2D eigenvalue weighted by Crippen LogP contribution is 2.33. The number of benzene rings is 2. The van der Waals surface area contributed by atoms with Gasteiger partial charge in [0, 0.05) is 36.4 Å². The molecular formula is C22H27ClN2O3. The molecular weight excluding hydrogens is 376 g/mol. The summed E-state index contributed by atoms with van der Waals surface area (Å²) >= 11 is 6.25. The van der Waals surface area contributed by atoms with Crippen molar-refractivity contribution in [1.29, 1.82) is 0 Å². The van der Waals surface area contributed by atoms with Crippen LogP contribution in [-0.2, 0) is 6.54 Å². The van der Waals surface area contributed by atoms with Crippen LogP contribution in [0.15, 0.2) is 42.5 Å². The maximum absolute atomic E-state index is 12.9. The first-order valence-electron chi connectivity index (χ1n) is 9.74. The van der Waals surface area contributed by atoms with Gasteiger partial charge in [-0.3, -0.25) is 4.90 Å². The van der Waals surface area contributed by atoms with Crippen molar-refractivity contribution in [2.75, 3.05) is 31.7 Å². The summed E-state index contributed by atoms with van der Waals surface area (Å²) < 4.78 is 11.3. The fourth-order valence-electron chi connectivity index (χ4n) is 3.28. The lowest BCUT2D eigenvalue weighted by atomic mass is 10.2. The van der Waals surface area contributed by atoms with E-state index in [1.54, 1.807) is 12.0 Å². The summed E-state index contributed by atoms with van der Waals surface area (Å²) in [6.45, 7) is 4.59. The molecule has 0 spiro atoms. The highest BCUT2D eigenvalue weighted by Gasteiger charge is 2.30. The molecule has 0 radical (unpaired) electrons. The third kappa shape index (κ3) is 4.71. The second-order valence-electron chi connectivity index (χ2n) is 6.84. The fourth-order valence-corrected chi connectivity index (χ4v) is 3.48. The molecule has 0 saturated carbocycles. The Morgan fingerprint density at radius 1 is 1.07 bits per heavy atom. The van der Waals surface area contributed by atoms with Crippen LogP contribution in [0.4, 0.5) is 10.5 Å². The van der Waals surface area contributed by atoms with Crippen molar-refractivity contribution in [3.05, 3.63) is 53.1 Å². The number of urea groups is 1. The van der Waals surface area contributed by atoms with Crippen molar-refractivity contribution >= 4 is 23.3 Å². The number of hydrogen-bond donors (Lipinski definition) is 0. The van der Waals surface area contributed by atoms with Crippen molar-refractivity contribution in [2.45, 2.75) is 32.7 Å². The van der Waals surface area contributed by atoms with Crippen LogP contribution in [0, 0.1) is 0 Å². The summed E-state index contributed by atoms with van der Waals surface area (Å²) in [7, 11) is 1.63. The van der Waals surface area contributed by atoms with E-state index in [4.69, 9.17) is 21.1 Å². The quantitative estimate of drug-likeness (QED) is 0.530. The lowest BCUT2D eigenvalue weighted by Crippen LogP contribution is -2.31. The number of anilines is 1. The van der Waals surface area contributed by atoms with E-state index in [1.807, 2.05) is 47.4 Å². The molecule has 1 aliphatic heterocycles. The molecule has 1 fully saturated rings. The van der Waals surface area contributed by atoms with Gasteiger partial charge in [-0.15, -0.1) is 0 Å². The number of hydrogen-bond acceptors (Lipinski definition) is 3. The van der Waals surface area contributed by atoms with Gasteiger partial charge in [-0.05, 0) is 30.2 Å². The van der Waals surface area contributed by atoms with Gasteiger partial charge in [-0.2, -0.15) is 0 Å². The molecule has 2 amide bonds. The zero-order valence-electron chi connectivity index (χ0n) is 16.5. The number of halogens is 1. The molecule has 0 atom stereocenters. The molecule has 3 rings (SSSR count). The van der Waals surface area contributed by atoms with E-state index in [2.05, 4.69) is 6.92 Å². The minimum Gasteiger partial charge on any atom is -0.493 e. The Labute approximate surface area is 171 Å². The first-order chi connectivity index (χ1) is 13.6. The third-order valence-electron chi connectivity index (χ3n) is 4.88. The summed E-state index contributed by atoms with van der Waals surface area (Å²) in [6, 6.07) is 13.2. The average molecular weight is 403 g/mol. The van der Waals surface area contributed by atoms with Crippen molar-refractivity contribution < 1.29 is 14.3 Å². The monoisotopic (exact) mass is 402 g/mol. The fraction of sp³-hybridized carbons (Fsp3) is 0.409. The van der Waals surface area contributed by atoms with Crippen LogP contribution < -0.4 is 14.4 Å². The maximum Gasteiger partial charge on any atom is 0.324 e. The van der Waals surface area contributed by atoms with Gasteiger partial charge in [-0.1, -0.05) is 49.6 Å². The molecule has 0 bridgehead atoms. The SMILES string of the molecule is CCCCCOc1cc(N2CCN(Cc3ccccc3Cl)C2=O)ccc1OC. The molecule has 28 heavy (non-hydrogen) atoms. The summed E-state index contributed by atoms with van der Waals surface area (Å²) in [5.74, 6) is 1.35. The van der Waals surface area contributed by atoms with Gasteiger partial charge in [0.15, 0.2) is 11.5 Å². The van der Waals surface area contributed by atoms with Crippen LogP contribution in [0.1, 0.15) is 31.7 Å². The minimum absolute atomic E-state index is 0.0259. The second kappa shape index (κ2) is 9.69.